The highest BCUT2D eigenvalue weighted by molar-refractivity contribution is 7.86. The number of piperazine rings is 1. The first-order valence-corrected chi connectivity index (χ1v) is 13.8. The van der Waals surface area contributed by atoms with E-state index in [4.69, 9.17) is 9.11 Å². The van der Waals surface area contributed by atoms with Crippen molar-refractivity contribution in [3.8, 4) is 0 Å². The summed E-state index contributed by atoms with van der Waals surface area (Å²) in [5.41, 5.74) is 0. The van der Waals surface area contributed by atoms with Gasteiger partial charge in [0.15, 0.2) is 0 Å². The van der Waals surface area contributed by atoms with E-state index in [1.54, 1.807) is 0 Å². The van der Waals surface area contributed by atoms with Crippen LogP contribution < -0.4 is 0 Å². The lowest BCUT2D eigenvalue weighted by Gasteiger charge is -2.50. The molecule has 1 rings (SSSR count). The number of nitrogens with zero attached hydrogens (tertiary/aromatic N) is 2. The Hall–Kier alpha value is -0.260. The monoisotopic (exact) mass is 444 g/mol. The molecule has 2 N–H and O–H groups in total. The Labute approximate surface area is 171 Å². The maximum atomic E-state index is 11.1. The Morgan fingerprint density at radius 2 is 0.893 bits per heavy atom. The lowest BCUT2D eigenvalue weighted by molar-refractivity contribution is -1.03. The summed E-state index contributed by atoms with van der Waals surface area (Å²) in [6.45, 7) is 11.7. The van der Waals surface area contributed by atoms with E-state index in [1.165, 1.54) is 12.8 Å². The predicted octanol–water partition coefficient (Wildman–Crippen LogP) is 1.79. The lowest BCUT2D eigenvalue weighted by atomic mass is 10.1. The molecule has 0 aromatic rings. The van der Waals surface area contributed by atoms with Crippen LogP contribution in [-0.4, -0.2) is 98.8 Å². The van der Waals surface area contributed by atoms with E-state index in [9.17, 15) is 16.8 Å². The molecule has 0 spiro atoms. The number of hydrogen-bond donors (Lipinski definition) is 2. The van der Waals surface area contributed by atoms with Gasteiger partial charge in [0.2, 0.25) is 0 Å². The van der Waals surface area contributed by atoms with Crippen molar-refractivity contribution in [2.45, 2.75) is 52.4 Å². The molecule has 0 aromatic heterocycles. The van der Waals surface area contributed by atoms with Crippen LogP contribution in [0.25, 0.3) is 0 Å². The molecular weight excluding hydrogens is 404 g/mol. The van der Waals surface area contributed by atoms with Crippen molar-refractivity contribution in [1.82, 2.24) is 0 Å². The molecule has 168 valence electrons. The summed E-state index contributed by atoms with van der Waals surface area (Å²) < 4.78 is 64.2. The van der Waals surface area contributed by atoms with Gasteiger partial charge in [0, 0.05) is 12.8 Å². The normalized spacial score (nSPS) is 19.6. The highest BCUT2D eigenvalue weighted by atomic mass is 32.2. The van der Waals surface area contributed by atoms with E-state index in [-0.39, 0.29) is 11.5 Å². The largest absolute Gasteiger partial charge is 0.314 e. The van der Waals surface area contributed by atoms with Crippen LogP contribution in [0.5, 0.6) is 0 Å². The van der Waals surface area contributed by atoms with E-state index in [0.717, 1.165) is 56.6 Å². The van der Waals surface area contributed by atoms with Gasteiger partial charge in [-0.05, 0) is 12.8 Å². The van der Waals surface area contributed by atoms with Gasteiger partial charge >= 0.3 is 0 Å². The molecule has 10 heteroatoms. The van der Waals surface area contributed by atoms with Crippen LogP contribution in [0.3, 0.4) is 0 Å². The van der Waals surface area contributed by atoms with Gasteiger partial charge in [-0.15, -0.1) is 0 Å². The summed E-state index contributed by atoms with van der Waals surface area (Å²) in [4.78, 5) is 0. The third-order valence-corrected chi connectivity index (χ3v) is 7.75. The standard InChI is InChI=1S/C18H38N2O6S2/c1-3-5-9-19(10-6-4-2)13-15-20(16-14-19,11-7-17-27(21,22)23)12-8-18-28(24,25)26/h3-18H2,1-2H3/p+2. The van der Waals surface area contributed by atoms with Crippen LogP contribution in [0.2, 0.25) is 0 Å². The Kier molecular flexibility index (Phi) is 10.3. The predicted molar refractivity (Wildman–Crippen MR) is 111 cm³/mol. The molecule has 0 aromatic carbocycles. The van der Waals surface area contributed by atoms with Gasteiger partial charge in [0.1, 0.15) is 26.2 Å². The quantitative estimate of drug-likeness (QED) is 0.312. The highest BCUT2D eigenvalue weighted by Gasteiger charge is 2.41. The third kappa shape index (κ3) is 9.98. The molecule has 1 heterocycles. The fourth-order valence-electron chi connectivity index (χ4n) is 4.34. The molecule has 0 saturated carbocycles. The Bertz CT molecular complexity index is 606. The van der Waals surface area contributed by atoms with Gasteiger partial charge in [-0.3, -0.25) is 9.11 Å². The fraction of sp³-hybridized carbons (Fsp3) is 1.00. The molecule has 0 aliphatic carbocycles. The minimum absolute atomic E-state index is 0.267. The van der Waals surface area contributed by atoms with Crippen LogP contribution in [-0.2, 0) is 20.2 Å². The zero-order chi connectivity index (χ0) is 21.3. The maximum absolute atomic E-state index is 11.1. The fourth-order valence-corrected chi connectivity index (χ4v) is 5.33. The molecule has 8 nitrogen and oxygen atoms in total. The van der Waals surface area contributed by atoms with E-state index in [1.807, 2.05) is 0 Å². The maximum Gasteiger partial charge on any atom is 0.265 e. The molecule has 1 fully saturated rings. The SMILES string of the molecule is CCCC[N+]1(CCCC)CC[N+](CCCS(=O)(=O)O)(CCCS(=O)(=O)O)CC1. The molecule has 28 heavy (non-hydrogen) atoms. The van der Waals surface area contributed by atoms with Gasteiger partial charge < -0.3 is 8.97 Å². The third-order valence-electron chi connectivity index (χ3n) is 6.14. The van der Waals surface area contributed by atoms with Crippen LogP contribution >= 0.6 is 0 Å². The number of rotatable bonds is 14. The van der Waals surface area contributed by atoms with Gasteiger partial charge in [0.05, 0.1) is 37.7 Å². The van der Waals surface area contributed by atoms with Gasteiger partial charge in [-0.1, -0.05) is 26.7 Å². The van der Waals surface area contributed by atoms with E-state index in [2.05, 4.69) is 13.8 Å². The van der Waals surface area contributed by atoms with E-state index < -0.39 is 20.2 Å². The smallest absolute Gasteiger partial charge is 0.265 e. The molecule has 0 radical (unpaired) electrons. The Balaban J connectivity index is 2.81. The summed E-state index contributed by atoms with van der Waals surface area (Å²) in [6.07, 6.45) is 5.41. The second-order valence-corrected chi connectivity index (χ2v) is 11.6. The average Bonchev–Trinajstić information content (AvgIpc) is 2.58. The first kappa shape index (κ1) is 25.8. The average molecular weight is 445 g/mol. The van der Waals surface area contributed by atoms with Crippen LogP contribution in [0.15, 0.2) is 0 Å². The van der Waals surface area contributed by atoms with Crippen molar-refractivity contribution in [1.29, 1.82) is 0 Å². The second kappa shape index (κ2) is 11.2. The summed E-state index contributed by atoms with van der Waals surface area (Å²) in [6, 6.07) is 0. The Morgan fingerprint density at radius 3 is 1.14 bits per heavy atom. The zero-order valence-electron chi connectivity index (χ0n) is 17.6. The minimum atomic E-state index is -3.99. The summed E-state index contributed by atoms with van der Waals surface area (Å²) >= 11 is 0. The molecule has 0 atom stereocenters. The summed E-state index contributed by atoms with van der Waals surface area (Å²) in [5.74, 6) is -0.534. The number of hydrogen-bond acceptors (Lipinski definition) is 4. The van der Waals surface area contributed by atoms with Crippen molar-refractivity contribution in [2.24, 2.45) is 0 Å². The highest BCUT2D eigenvalue weighted by Crippen LogP contribution is 2.23. The molecule has 1 aliphatic heterocycles. The molecule has 0 unspecified atom stereocenters. The first-order valence-electron chi connectivity index (χ1n) is 10.6. The van der Waals surface area contributed by atoms with Gasteiger partial charge in [-0.2, -0.15) is 16.8 Å². The van der Waals surface area contributed by atoms with Crippen molar-refractivity contribution in [2.75, 3.05) is 63.9 Å². The Morgan fingerprint density at radius 1 is 0.607 bits per heavy atom. The molecule has 1 aliphatic rings. The van der Waals surface area contributed by atoms with Crippen molar-refractivity contribution >= 4 is 20.2 Å². The van der Waals surface area contributed by atoms with E-state index in [0.29, 0.717) is 30.4 Å². The molecule has 1 saturated heterocycles. The lowest BCUT2D eigenvalue weighted by Crippen LogP contribution is -2.67. The van der Waals surface area contributed by atoms with Crippen molar-refractivity contribution < 1.29 is 34.9 Å². The van der Waals surface area contributed by atoms with Crippen molar-refractivity contribution in [3.63, 3.8) is 0 Å². The number of quaternary nitrogens is 2. The topological polar surface area (TPSA) is 109 Å². The molecule has 0 amide bonds. The number of unbranched alkanes of at least 4 members (excludes halogenated alkanes) is 2. The molecular formula is C18H40N2O6S2+2. The van der Waals surface area contributed by atoms with Gasteiger partial charge in [-0.25, -0.2) is 0 Å². The van der Waals surface area contributed by atoms with Crippen molar-refractivity contribution in [3.05, 3.63) is 0 Å². The first-order chi connectivity index (χ1) is 12.9. The van der Waals surface area contributed by atoms with Crippen LogP contribution in [0.4, 0.5) is 0 Å². The minimum Gasteiger partial charge on any atom is -0.314 e. The summed E-state index contributed by atoms with van der Waals surface area (Å²) in [7, 11) is -7.98. The van der Waals surface area contributed by atoms with Gasteiger partial charge in [0.25, 0.3) is 20.2 Å². The summed E-state index contributed by atoms with van der Waals surface area (Å²) in [5, 5.41) is 0. The van der Waals surface area contributed by atoms with E-state index >= 15 is 0 Å². The second-order valence-electron chi connectivity index (χ2n) is 8.46. The van der Waals surface area contributed by atoms with Crippen LogP contribution in [0.1, 0.15) is 52.4 Å². The molecule has 0 bridgehead atoms. The van der Waals surface area contributed by atoms with Crippen LogP contribution in [0, 0.1) is 0 Å². The zero-order valence-corrected chi connectivity index (χ0v) is 19.2.